The molecule has 2 rings (SSSR count). The van der Waals surface area contributed by atoms with Gasteiger partial charge < -0.3 is 15.5 Å². The van der Waals surface area contributed by atoms with Gasteiger partial charge >= 0.3 is 6.03 Å². The lowest BCUT2D eigenvalue weighted by Crippen LogP contribution is -2.50. The quantitative estimate of drug-likeness (QED) is 0.730. The lowest BCUT2D eigenvalue weighted by atomic mass is 10.0. The summed E-state index contributed by atoms with van der Waals surface area (Å²) < 4.78 is 0. The number of urea groups is 1. The zero-order chi connectivity index (χ0) is 11.5. The molecule has 0 spiro atoms. The molecule has 2 heterocycles. The molecule has 0 aromatic heterocycles. The number of amides is 2. The van der Waals surface area contributed by atoms with Gasteiger partial charge in [-0.3, -0.25) is 0 Å². The highest BCUT2D eigenvalue weighted by molar-refractivity contribution is 5.75. The van der Waals surface area contributed by atoms with E-state index in [4.69, 9.17) is 5.73 Å². The molecule has 2 unspecified atom stereocenters. The fourth-order valence-electron chi connectivity index (χ4n) is 2.87. The van der Waals surface area contributed by atoms with Crippen molar-refractivity contribution in [2.75, 3.05) is 26.2 Å². The highest BCUT2D eigenvalue weighted by Crippen LogP contribution is 2.25. The molecular weight excluding hydrogens is 202 g/mol. The summed E-state index contributed by atoms with van der Waals surface area (Å²) >= 11 is 0. The van der Waals surface area contributed by atoms with Crippen LogP contribution in [0.25, 0.3) is 0 Å². The first-order chi connectivity index (χ1) is 7.74. The third kappa shape index (κ3) is 2.17. The fraction of sp³-hybridized carbons (Fsp3) is 0.917. The predicted octanol–water partition coefficient (Wildman–Crippen LogP) is 1.26. The van der Waals surface area contributed by atoms with Crippen LogP contribution in [0.4, 0.5) is 4.79 Å². The molecule has 2 amide bonds. The molecule has 0 radical (unpaired) electrons. The van der Waals surface area contributed by atoms with Crippen molar-refractivity contribution < 1.29 is 4.79 Å². The highest BCUT2D eigenvalue weighted by Gasteiger charge is 2.35. The number of rotatable bonds is 1. The second-order valence-electron chi connectivity index (χ2n) is 5.09. The lowest BCUT2D eigenvalue weighted by Gasteiger charge is -2.34. The number of carbonyl (C=O) groups excluding carboxylic acids is 1. The Kier molecular flexibility index (Phi) is 3.69. The highest BCUT2D eigenvalue weighted by atomic mass is 16.2. The Bertz CT molecular complexity index is 251. The van der Waals surface area contributed by atoms with Crippen LogP contribution in [-0.4, -0.2) is 48.1 Å². The standard InChI is InChI=1S/C12H23N3O/c1-10-5-8-15(11(10)9-13)12(16)14-6-3-2-4-7-14/h10-11H,2-9,13H2,1H3. The molecule has 0 bridgehead atoms. The number of hydrogen-bond donors (Lipinski definition) is 1. The maximum atomic E-state index is 12.3. The monoisotopic (exact) mass is 225 g/mol. The molecule has 0 aliphatic carbocycles. The lowest BCUT2D eigenvalue weighted by molar-refractivity contribution is 0.136. The van der Waals surface area contributed by atoms with Gasteiger partial charge in [-0.05, 0) is 31.6 Å². The molecule has 0 saturated carbocycles. The van der Waals surface area contributed by atoms with E-state index < -0.39 is 0 Å². The number of hydrogen-bond acceptors (Lipinski definition) is 2. The molecule has 0 aromatic carbocycles. The molecule has 4 nitrogen and oxygen atoms in total. The minimum absolute atomic E-state index is 0.222. The summed E-state index contributed by atoms with van der Waals surface area (Å²) in [6, 6.07) is 0.480. The average molecular weight is 225 g/mol. The average Bonchev–Trinajstić information content (AvgIpc) is 2.70. The molecule has 4 heteroatoms. The molecule has 2 atom stereocenters. The third-order valence-electron chi connectivity index (χ3n) is 4.00. The molecule has 0 aromatic rings. The molecule has 92 valence electrons. The number of nitrogens with two attached hydrogens (primary N) is 1. The van der Waals surface area contributed by atoms with Crippen molar-refractivity contribution in [1.29, 1.82) is 0 Å². The van der Waals surface area contributed by atoms with Crippen LogP contribution in [0.3, 0.4) is 0 Å². The smallest absolute Gasteiger partial charge is 0.320 e. The Morgan fingerprint density at radius 1 is 1.25 bits per heavy atom. The SMILES string of the molecule is CC1CCN(C(=O)N2CCCCC2)C1CN. The Morgan fingerprint density at radius 3 is 2.56 bits per heavy atom. The molecule has 2 saturated heterocycles. The minimum Gasteiger partial charge on any atom is -0.328 e. The first-order valence-corrected chi connectivity index (χ1v) is 6.49. The fourth-order valence-corrected chi connectivity index (χ4v) is 2.87. The van der Waals surface area contributed by atoms with Crippen LogP contribution in [0.2, 0.25) is 0 Å². The van der Waals surface area contributed by atoms with Crippen molar-refractivity contribution in [2.24, 2.45) is 11.7 Å². The van der Waals surface area contributed by atoms with Gasteiger partial charge in [0, 0.05) is 32.2 Å². The maximum absolute atomic E-state index is 12.3. The van der Waals surface area contributed by atoms with Crippen LogP contribution < -0.4 is 5.73 Å². The molecule has 2 fully saturated rings. The minimum atomic E-state index is 0.222. The number of likely N-dealkylation sites (tertiary alicyclic amines) is 2. The van der Waals surface area contributed by atoms with E-state index in [1.165, 1.54) is 6.42 Å². The summed E-state index contributed by atoms with van der Waals surface area (Å²) in [5.41, 5.74) is 5.77. The van der Waals surface area contributed by atoms with Gasteiger partial charge in [0.25, 0.3) is 0 Å². The van der Waals surface area contributed by atoms with Crippen LogP contribution >= 0.6 is 0 Å². The summed E-state index contributed by atoms with van der Waals surface area (Å²) in [6.07, 6.45) is 4.67. The number of carbonyl (C=O) groups is 1. The Morgan fingerprint density at radius 2 is 1.94 bits per heavy atom. The van der Waals surface area contributed by atoms with E-state index in [2.05, 4.69) is 6.92 Å². The normalized spacial score (nSPS) is 30.9. The molecule has 2 aliphatic rings. The maximum Gasteiger partial charge on any atom is 0.320 e. The van der Waals surface area contributed by atoms with E-state index >= 15 is 0 Å². The van der Waals surface area contributed by atoms with Gasteiger partial charge in [0.15, 0.2) is 0 Å². The molecule has 2 aliphatic heterocycles. The summed E-state index contributed by atoms with van der Waals surface area (Å²) in [7, 11) is 0. The van der Waals surface area contributed by atoms with Crippen LogP contribution in [-0.2, 0) is 0 Å². The second kappa shape index (κ2) is 5.04. The van der Waals surface area contributed by atoms with Gasteiger partial charge in [-0.15, -0.1) is 0 Å². The van der Waals surface area contributed by atoms with Gasteiger partial charge in [0.2, 0.25) is 0 Å². The van der Waals surface area contributed by atoms with E-state index in [1.54, 1.807) is 0 Å². The van der Waals surface area contributed by atoms with E-state index in [-0.39, 0.29) is 12.1 Å². The first kappa shape index (κ1) is 11.7. The van der Waals surface area contributed by atoms with Crippen molar-refractivity contribution in [3.05, 3.63) is 0 Å². The summed E-state index contributed by atoms with van der Waals surface area (Å²) in [4.78, 5) is 16.3. The zero-order valence-electron chi connectivity index (χ0n) is 10.2. The zero-order valence-corrected chi connectivity index (χ0v) is 10.2. The Balaban J connectivity index is 1.97. The van der Waals surface area contributed by atoms with Crippen molar-refractivity contribution in [1.82, 2.24) is 9.80 Å². The largest absolute Gasteiger partial charge is 0.328 e. The summed E-state index contributed by atoms with van der Waals surface area (Å²) in [5.74, 6) is 0.554. The Labute approximate surface area is 97.8 Å². The van der Waals surface area contributed by atoms with Crippen molar-refractivity contribution in [3.63, 3.8) is 0 Å². The number of piperidine rings is 1. The van der Waals surface area contributed by atoms with E-state index in [9.17, 15) is 4.79 Å². The molecular formula is C12H23N3O. The Hall–Kier alpha value is -0.770. The van der Waals surface area contributed by atoms with Gasteiger partial charge in [-0.2, -0.15) is 0 Å². The topological polar surface area (TPSA) is 49.6 Å². The van der Waals surface area contributed by atoms with Gasteiger partial charge in [-0.1, -0.05) is 6.92 Å². The van der Waals surface area contributed by atoms with Crippen LogP contribution in [0.1, 0.15) is 32.6 Å². The van der Waals surface area contributed by atoms with Gasteiger partial charge in [-0.25, -0.2) is 4.79 Å². The molecule has 2 N–H and O–H groups in total. The second-order valence-corrected chi connectivity index (χ2v) is 5.09. The van der Waals surface area contributed by atoms with Gasteiger partial charge in [0.1, 0.15) is 0 Å². The van der Waals surface area contributed by atoms with Crippen LogP contribution in [0.5, 0.6) is 0 Å². The van der Waals surface area contributed by atoms with E-state index in [0.717, 1.165) is 38.9 Å². The van der Waals surface area contributed by atoms with Crippen LogP contribution in [0, 0.1) is 5.92 Å². The van der Waals surface area contributed by atoms with E-state index in [1.807, 2.05) is 9.80 Å². The van der Waals surface area contributed by atoms with Crippen LogP contribution in [0.15, 0.2) is 0 Å². The molecule has 16 heavy (non-hydrogen) atoms. The van der Waals surface area contributed by atoms with Crippen molar-refractivity contribution in [2.45, 2.75) is 38.6 Å². The summed E-state index contributed by atoms with van der Waals surface area (Å²) in [6.45, 7) is 5.54. The first-order valence-electron chi connectivity index (χ1n) is 6.49. The van der Waals surface area contributed by atoms with Crippen molar-refractivity contribution >= 4 is 6.03 Å². The van der Waals surface area contributed by atoms with E-state index in [0.29, 0.717) is 12.5 Å². The predicted molar refractivity (Wildman–Crippen MR) is 64.1 cm³/mol. The van der Waals surface area contributed by atoms with Gasteiger partial charge in [0.05, 0.1) is 0 Å². The summed E-state index contributed by atoms with van der Waals surface area (Å²) in [5, 5.41) is 0. The van der Waals surface area contributed by atoms with Crippen molar-refractivity contribution in [3.8, 4) is 0 Å². The number of nitrogens with zero attached hydrogens (tertiary/aromatic N) is 2. The third-order valence-corrected chi connectivity index (χ3v) is 4.00.